The second-order valence-electron chi connectivity index (χ2n) is 9.73. The Morgan fingerprint density at radius 1 is 1.12 bits per heavy atom. The molecule has 3 aromatic heterocycles. The Balaban J connectivity index is 1.37. The number of nitrogens with zero attached hydrogens (tertiary/aromatic N) is 5. The average molecular weight is 456 g/mol. The van der Waals surface area contributed by atoms with Crippen LogP contribution in [-0.4, -0.2) is 38.1 Å². The highest BCUT2D eigenvalue weighted by Crippen LogP contribution is 2.29. The minimum atomic E-state index is -0.413. The van der Waals surface area contributed by atoms with Gasteiger partial charge in [-0.25, -0.2) is 14.5 Å². The first-order valence-electron chi connectivity index (χ1n) is 11.5. The van der Waals surface area contributed by atoms with Crippen molar-refractivity contribution in [1.82, 2.24) is 19.6 Å². The van der Waals surface area contributed by atoms with E-state index in [9.17, 15) is 4.79 Å². The summed E-state index contributed by atoms with van der Waals surface area (Å²) in [7, 11) is 0. The summed E-state index contributed by atoms with van der Waals surface area (Å²) in [6.07, 6.45) is 7.30. The number of nitrogens with one attached hydrogen (secondary N) is 1. The van der Waals surface area contributed by atoms with Crippen LogP contribution in [0.15, 0.2) is 61.1 Å². The van der Waals surface area contributed by atoms with Crippen LogP contribution in [-0.2, 0) is 10.2 Å². The number of pyridine rings is 1. The van der Waals surface area contributed by atoms with E-state index in [4.69, 9.17) is 10.7 Å². The first kappa shape index (κ1) is 22.0. The molecule has 1 aliphatic heterocycles. The second-order valence-corrected chi connectivity index (χ2v) is 9.73. The number of benzene rings is 1. The van der Waals surface area contributed by atoms with Crippen LogP contribution in [0, 0.1) is 0 Å². The Hall–Kier alpha value is -3.78. The zero-order valence-electron chi connectivity index (χ0n) is 19.7. The van der Waals surface area contributed by atoms with Crippen LogP contribution in [0.2, 0.25) is 0 Å². The van der Waals surface area contributed by atoms with E-state index in [1.165, 1.54) is 5.56 Å². The highest BCUT2D eigenvalue weighted by atomic mass is 16.2. The number of aromatic nitrogens is 4. The van der Waals surface area contributed by atoms with Crippen LogP contribution >= 0.6 is 0 Å². The predicted molar refractivity (Wildman–Crippen MR) is 134 cm³/mol. The Labute approximate surface area is 198 Å². The summed E-state index contributed by atoms with van der Waals surface area (Å²) in [5.74, 6) is 0.485. The van der Waals surface area contributed by atoms with Crippen molar-refractivity contribution in [1.29, 1.82) is 0 Å². The molecule has 1 saturated heterocycles. The third-order valence-electron chi connectivity index (χ3n) is 6.20. The summed E-state index contributed by atoms with van der Waals surface area (Å²) in [5, 5.41) is 7.75. The van der Waals surface area contributed by atoms with Gasteiger partial charge >= 0.3 is 0 Å². The van der Waals surface area contributed by atoms with Crippen molar-refractivity contribution in [2.45, 2.75) is 45.1 Å². The minimum Gasteiger partial charge on any atom is -0.324 e. The lowest BCUT2D eigenvalue weighted by molar-refractivity contribution is -0.120. The van der Waals surface area contributed by atoms with E-state index >= 15 is 0 Å². The Kier molecular flexibility index (Phi) is 5.53. The number of carbonyl (C=O) groups is 1. The molecule has 0 saturated carbocycles. The van der Waals surface area contributed by atoms with Gasteiger partial charge in [-0.05, 0) is 60.7 Å². The summed E-state index contributed by atoms with van der Waals surface area (Å²) >= 11 is 0. The van der Waals surface area contributed by atoms with Crippen molar-refractivity contribution in [3.8, 4) is 11.3 Å². The van der Waals surface area contributed by atoms with Crippen molar-refractivity contribution in [2.24, 2.45) is 5.73 Å². The van der Waals surface area contributed by atoms with Crippen molar-refractivity contribution >= 4 is 28.7 Å². The summed E-state index contributed by atoms with van der Waals surface area (Å²) in [5.41, 5.74) is 11.7. The maximum absolute atomic E-state index is 12.4. The van der Waals surface area contributed by atoms with E-state index < -0.39 is 6.04 Å². The van der Waals surface area contributed by atoms with Gasteiger partial charge < -0.3 is 16.0 Å². The first-order chi connectivity index (χ1) is 16.3. The van der Waals surface area contributed by atoms with Gasteiger partial charge in [-0.15, -0.1) is 0 Å². The smallest absolute Gasteiger partial charge is 0.243 e. The van der Waals surface area contributed by atoms with Gasteiger partial charge in [-0.3, -0.25) is 4.79 Å². The summed E-state index contributed by atoms with van der Waals surface area (Å²) in [6, 6.07) is 13.3. The van der Waals surface area contributed by atoms with Crippen LogP contribution in [0.4, 0.5) is 17.3 Å². The molecule has 8 nitrogen and oxygen atoms in total. The fraction of sp³-hybridized carbons (Fsp3) is 0.308. The van der Waals surface area contributed by atoms with Crippen molar-refractivity contribution in [3.63, 3.8) is 0 Å². The third-order valence-corrected chi connectivity index (χ3v) is 6.20. The van der Waals surface area contributed by atoms with E-state index in [0.29, 0.717) is 12.5 Å². The van der Waals surface area contributed by atoms with Gasteiger partial charge in [0.2, 0.25) is 11.9 Å². The molecule has 0 spiro atoms. The molecular formula is C26H29N7O. The lowest BCUT2D eigenvalue weighted by Gasteiger charge is -2.30. The van der Waals surface area contributed by atoms with E-state index in [1.54, 1.807) is 11.1 Å². The molecule has 8 heteroatoms. The monoisotopic (exact) mass is 455 g/mol. The van der Waals surface area contributed by atoms with Gasteiger partial charge in [0.15, 0.2) is 0 Å². The largest absolute Gasteiger partial charge is 0.324 e. The molecule has 0 radical (unpaired) electrons. The second kappa shape index (κ2) is 8.53. The lowest BCUT2D eigenvalue weighted by Crippen LogP contribution is -2.48. The van der Waals surface area contributed by atoms with Crippen LogP contribution in [0.3, 0.4) is 0 Å². The van der Waals surface area contributed by atoms with Crippen molar-refractivity contribution in [3.05, 3.63) is 66.6 Å². The molecule has 1 atom stereocenters. The maximum Gasteiger partial charge on any atom is 0.243 e. The summed E-state index contributed by atoms with van der Waals surface area (Å²) < 4.78 is 1.89. The minimum absolute atomic E-state index is 0.00516. The molecule has 4 heterocycles. The zero-order chi connectivity index (χ0) is 23.9. The number of hydrogen-bond donors (Lipinski definition) is 2. The number of anilines is 3. The molecular weight excluding hydrogens is 426 g/mol. The van der Waals surface area contributed by atoms with E-state index in [0.717, 1.165) is 41.0 Å². The molecule has 174 valence electrons. The molecule has 1 aromatic carbocycles. The van der Waals surface area contributed by atoms with E-state index in [1.807, 2.05) is 53.3 Å². The van der Waals surface area contributed by atoms with Gasteiger partial charge in [-0.1, -0.05) is 20.8 Å². The van der Waals surface area contributed by atoms with E-state index in [-0.39, 0.29) is 11.3 Å². The Bertz CT molecular complexity index is 1340. The van der Waals surface area contributed by atoms with Crippen LogP contribution in [0.25, 0.3) is 16.8 Å². The fourth-order valence-corrected chi connectivity index (χ4v) is 4.31. The number of hydrogen-bond acceptors (Lipinski definition) is 6. The molecule has 1 unspecified atom stereocenters. The van der Waals surface area contributed by atoms with Gasteiger partial charge in [0.25, 0.3) is 0 Å². The molecule has 0 aliphatic carbocycles. The lowest BCUT2D eigenvalue weighted by atomic mass is 9.88. The summed E-state index contributed by atoms with van der Waals surface area (Å²) in [6.45, 7) is 7.25. The summed E-state index contributed by atoms with van der Waals surface area (Å²) in [4.78, 5) is 23.2. The SMILES string of the molecule is CC(C)(C)c1cnn2ccc(-c3ccnc(Nc4ccc(N5CCCC(N)C5=O)cc4)n3)cc12. The number of rotatable bonds is 4. The van der Waals surface area contributed by atoms with Crippen LogP contribution in [0.1, 0.15) is 39.2 Å². The van der Waals surface area contributed by atoms with E-state index in [2.05, 4.69) is 42.2 Å². The third kappa shape index (κ3) is 4.24. The highest BCUT2D eigenvalue weighted by molar-refractivity contribution is 5.97. The number of fused-ring (bicyclic) bond motifs is 1. The molecule has 5 rings (SSSR count). The van der Waals surface area contributed by atoms with Gasteiger partial charge in [0, 0.05) is 41.4 Å². The molecule has 34 heavy (non-hydrogen) atoms. The quantitative estimate of drug-likeness (QED) is 0.476. The standard InChI is InChI=1S/C26H29N7O/c1-26(2,3)20-16-29-33-14-11-17(15-23(20)33)22-10-12-28-25(31-22)30-18-6-8-19(9-7-18)32-13-4-5-21(27)24(32)34/h6-12,14-16,21H,4-5,13,27H2,1-3H3,(H,28,30,31). The molecule has 3 N–H and O–H groups in total. The number of nitrogens with two attached hydrogens (primary N) is 1. The number of carbonyl (C=O) groups excluding carboxylic acids is 1. The molecule has 1 fully saturated rings. The highest BCUT2D eigenvalue weighted by Gasteiger charge is 2.26. The average Bonchev–Trinajstić information content (AvgIpc) is 3.26. The Morgan fingerprint density at radius 3 is 2.68 bits per heavy atom. The van der Waals surface area contributed by atoms with Gasteiger partial charge in [-0.2, -0.15) is 5.10 Å². The molecule has 0 bridgehead atoms. The fourth-order valence-electron chi connectivity index (χ4n) is 4.31. The number of amides is 1. The predicted octanol–water partition coefficient (Wildman–Crippen LogP) is 4.29. The molecule has 1 amide bonds. The Morgan fingerprint density at radius 2 is 1.91 bits per heavy atom. The zero-order valence-corrected chi connectivity index (χ0v) is 19.7. The maximum atomic E-state index is 12.4. The van der Waals surface area contributed by atoms with Crippen molar-refractivity contribution < 1.29 is 4.79 Å². The number of piperidine rings is 1. The van der Waals surface area contributed by atoms with Crippen molar-refractivity contribution in [2.75, 3.05) is 16.8 Å². The van der Waals surface area contributed by atoms with Gasteiger partial charge in [0.05, 0.1) is 23.4 Å². The first-order valence-corrected chi connectivity index (χ1v) is 11.5. The molecule has 1 aliphatic rings. The van der Waals surface area contributed by atoms with Crippen LogP contribution in [0.5, 0.6) is 0 Å². The van der Waals surface area contributed by atoms with Crippen LogP contribution < -0.4 is 16.0 Å². The van der Waals surface area contributed by atoms with Gasteiger partial charge in [0.1, 0.15) is 0 Å². The normalized spacial score (nSPS) is 16.8. The topological polar surface area (TPSA) is 101 Å². The molecule has 4 aromatic rings.